The monoisotopic (exact) mass is 276 g/mol. The van der Waals surface area contributed by atoms with Gasteiger partial charge in [-0.1, -0.05) is 6.07 Å². The van der Waals surface area contributed by atoms with E-state index in [1.807, 2.05) is 13.8 Å². The molecule has 6 heteroatoms. The number of aryl methyl sites for hydroxylation is 2. The van der Waals surface area contributed by atoms with E-state index in [2.05, 4.69) is 15.7 Å². The molecule has 0 aliphatic heterocycles. The first-order valence-corrected chi connectivity index (χ1v) is 6.37. The van der Waals surface area contributed by atoms with Crippen LogP contribution in [0.25, 0.3) is 0 Å². The van der Waals surface area contributed by atoms with Crippen LogP contribution in [0.15, 0.2) is 24.3 Å². The van der Waals surface area contributed by atoms with Crippen LogP contribution in [0.2, 0.25) is 0 Å². The lowest BCUT2D eigenvalue weighted by atomic mass is 10.1. The second kappa shape index (κ2) is 5.73. The van der Waals surface area contributed by atoms with Crippen LogP contribution < -0.4 is 10.6 Å². The van der Waals surface area contributed by atoms with Crippen LogP contribution in [0.5, 0.6) is 0 Å². The number of aromatic nitrogens is 2. The van der Waals surface area contributed by atoms with Crippen molar-refractivity contribution in [3.63, 3.8) is 0 Å². The summed E-state index contributed by atoms with van der Waals surface area (Å²) in [7, 11) is 1.74. The number of carbonyl (C=O) groups excluding carboxylic acids is 1. The number of nitrogens with one attached hydrogen (secondary N) is 2. The van der Waals surface area contributed by atoms with E-state index in [1.54, 1.807) is 23.9 Å². The number of rotatable bonds is 4. The van der Waals surface area contributed by atoms with Crippen molar-refractivity contribution >= 4 is 17.4 Å². The molecule has 0 saturated heterocycles. The first kappa shape index (κ1) is 14.0. The summed E-state index contributed by atoms with van der Waals surface area (Å²) in [6.45, 7) is 4.21. The minimum Gasteiger partial charge on any atom is -0.382 e. The quantitative estimate of drug-likeness (QED) is 0.902. The summed E-state index contributed by atoms with van der Waals surface area (Å²) in [5.41, 5.74) is 1.28. The predicted molar refractivity (Wildman–Crippen MR) is 76.5 cm³/mol. The number of nitrogens with zero attached hydrogens (tertiary/aromatic N) is 2. The van der Waals surface area contributed by atoms with Gasteiger partial charge in [0.2, 0.25) is 0 Å². The molecule has 1 aromatic carbocycles. The fourth-order valence-corrected chi connectivity index (χ4v) is 1.98. The van der Waals surface area contributed by atoms with Gasteiger partial charge in [-0.2, -0.15) is 5.10 Å². The van der Waals surface area contributed by atoms with E-state index in [1.165, 1.54) is 12.1 Å². The third kappa shape index (κ3) is 2.79. The third-order valence-corrected chi connectivity index (χ3v) is 2.86. The Morgan fingerprint density at radius 2 is 2.20 bits per heavy atom. The summed E-state index contributed by atoms with van der Waals surface area (Å²) in [6.07, 6.45) is 0. The van der Waals surface area contributed by atoms with Gasteiger partial charge in [0.1, 0.15) is 11.6 Å². The number of amides is 1. The highest BCUT2D eigenvalue weighted by Crippen LogP contribution is 2.21. The second-order valence-corrected chi connectivity index (χ2v) is 4.44. The highest BCUT2D eigenvalue weighted by molar-refractivity contribution is 6.07. The van der Waals surface area contributed by atoms with E-state index in [0.29, 0.717) is 12.4 Å². The molecule has 0 atom stereocenters. The second-order valence-electron chi connectivity index (χ2n) is 4.44. The van der Waals surface area contributed by atoms with Crippen LogP contribution in [-0.2, 0) is 7.05 Å². The van der Waals surface area contributed by atoms with Crippen molar-refractivity contribution in [1.29, 1.82) is 0 Å². The highest BCUT2D eigenvalue weighted by atomic mass is 19.1. The summed E-state index contributed by atoms with van der Waals surface area (Å²) in [4.78, 5) is 12.3. The van der Waals surface area contributed by atoms with Gasteiger partial charge in [-0.3, -0.25) is 9.48 Å². The van der Waals surface area contributed by atoms with Crippen LogP contribution in [0.3, 0.4) is 0 Å². The Morgan fingerprint density at radius 3 is 2.80 bits per heavy atom. The van der Waals surface area contributed by atoms with Crippen LogP contribution in [-0.4, -0.2) is 22.2 Å². The van der Waals surface area contributed by atoms with Gasteiger partial charge in [-0.05, 0) is 26.0 Å². The maximum Gasteiger partial charge on any atom is 0.259 e. The molecule has 0 aliphatic carbocycles. The molecule has 0 fully saturated rings. The molecule has 1 amide bonds. The van der Waals surface area contributed by atoms with Crippen LogP contribution >= 0.6 is 0 Å². The lowest BCUT2D eigenvalue weighted by Gasteiger charge is -2.11. The van der Waals surface area contributed by atoms with Crippen molar-refractivity contribution < 1.29 is 9.18 Å². The Morgan fingerprint density at radius 1 is 1.45 bits per heavy atom. The maximum atomic E-state index is 13.8. The van der Waals surface area contributed by atoms with Gasteiger partial charge in [0.05, 0.1) is 16.9 Å². The average Bonchev–Trinajstić information content (AvgIpc) is 2.70. The number of para-hydroxylation sites is 1. The number of hydrogen-bond acceptors (Lipinski definition) is 3. The molecular weight excluding hydrogens is 259 g/mol. The van der Waals surface area contributed by atoms with E-state index in [9.17, 15) is 9.18 Å². The molecule has 106 valence electrons. The van der Waals surface area contributed by atoms with Crippen molar-refractivity contribution in [2.24, 2.45) is 7.05 Å². The zero-order valence-corrected chi connectivity index (χ0v) is 11.7. The Balaban J connectivity index is 2.29. The van der Waals surface area contributed by atoms with E-state index < -0.39 is 5.82 Å². The van der Waals surface area contributed by atoms with E-state index in [0.717, 1.165) is 5.69 Å². The Bertz CT molecular complexity index is 636. The largest absolute Gasteiger partial charge is 0.382 e. The van der Waals surface area contributed by atoms with Gasteiger partial charge < -0.3 is 10.6 Å². The van der Waals surface area contributed by atoms with Crippen LogP contribution in [0.4, 0.5) is 15.9 Å². The standard InChI is InChI=1S/C14H17FN4O/c1-4-16-13-10(6-5-7-11(13)15)14(20)17-12-8-9(2)18-19(12)3/h5-8,16H,4H2,1-3H3,(H,17,20). The summed E-state index contributed by atoms with van der Waals surface area (Å²) >= 11 is 0. The van der Waals surface area contributed by atoms with E-state index >= 15 is 0 Å². The summed E-state index contributed by atoms with van der Waals surface area (Å²) in [6, 6.07) is 6.17. The topological polar surface area (TPSA) is 59.0 Å². The van der Waals surface area contributed by atoms with Gasteiger partial charge in [0.25, 0.3) is 5.91 Å². The first-order valence-electron chi connectivity index (χ1n) is 6.37. The molecule has 2 rings (SSSR count). The minimum atomic E-state index is -0.444. The highest BCUT2D eigenvalue weighted by Gasteiger charge is 2.16. The van der Waals surface area contributed by atoms with Gasteiger partial charge in [-0.15, -0.1) is 0 Å². The normalized spacial score (nSPS) is 10.4. The molecule has 20 heavy (non-hydrogen) atoms. The van der Waals surface area contributed by atoms with Crippen molar-refractivity contribution in [3.8, 4) is 0 Å². The minimum absolute atomic E-state index is 0.214. The van der Waals surface area contributed by atoms with Gasteiger partial charge in [0.15, 0.2) is 0 Å². The number of halogens is 1. The number of carbonyl (C=O) groups is 1. The summed E-state index contributed by atoms with van der Waals surface area (Å²) < 4.78 is 15.3. The van der Waals surface area contributed by atoms with Crippen LogP contribution in [0, 0.1) is 12.7 Å². The third-order valence-electron chi connectivity index (χ3n) is 2.86. The molecule has 1 heterocycles. The van der Waals surface area contributed by atoms with Crippen molar-refractivity contribution in [1.82, 2.24) is 9.78 Å². The number of hydrogen-bond donors (Lipinski definition) is 2. The van der Waals surface area contributed by atoms with E-state index in [4.69, 9.17) is 0 Å². The molecule has 0 saturated carbocycles. The van der Waals surface area contributed by atoms with Crippen molar-refractivity contribution in [3.05, 3.63) is 41.3 Å². The molecule has 2 aromatic rings. The number of anilines is 2. The van der Waals surface area contributed by atoms with Crippen molar-refractivity contribution in [2.45, 2.75) is 13.8 Å². The summed E-state index contributed by atoms with van der Waals surface area (Å²) in [5, 5.41) is 9.75. The van der Waals surface area contributed by atoms with Gasteiger partial charge in [0, 0.05) is 19.7 Å². The van der Waals surface area contributed by atoms with Gasteiger partial charge >= 0.3 is 0 Å². The zero-order chi connectivity index (χ0) is 14.7. The Kier molecular flexibility index (Phi) is 4.02. The zero-order valence-electron chi connectivity index (χ0n) is 11.7. The van der Waals surface area contributed by atoms with Gasteiger partial charge in [-0.25, -0.2) is 4.39 Å². The molecule has 0 unspecified atom stereocenters. The fourth-order valence-electron chi connectivity index (χ4n) is 1.98. The first-order chi connectivity index (χ1) is 9.52. The molecular formula is C14H17FN4O. The maximum absolute atomic E-state index is 13.8. The lowest BCUT2D eigenvalue weighted by molar-refractivity contribution is 0.102. The summed E-state index contributed by atoms with van der Waals surface area (Å²) in [5.74, 6) is -0.247. The molecule has 0 spiro atoms. The molecule has 2 N–H and O–H groups in total. The van der Waals surface area contributed by atoms with Crippen LogP contribution in [0.1, 0.15) is 23.0 Å². The predicted octanol–water partition coefficient (Wildman–Crippen LogP) is 2.55. The van der Waals surface area contributed by atoms with E-state index in [-0.39, 0.29) is 17.2 Å². The molecule has 0 bridgehead atoms. The molecule has 5 nitrogen and oxygen atoms in total. The van der Waals surface area contributed by atoms with Crippen molar-refractivity contribution in [2.75, 3.05) is 17.2 Å². The Hall–Kier alpha value is -2.37. The lowest BCUT2D eigenvalue weighted by Crippen LogP contribution is -2.17. The number of benzene rings is 1. The smallest absolute Gasteiger partial charge is 0.259 e. The average molecular weight is 276 g/mol. The Labute approximate surface area is 116 Å². The molecule has 0 aliphatic rings. The SMILES string of the molecule is CCNc1c(F)cccc1C(=O)Nc1cc(C)nn1C. The molecule has 0 radical (unpaired) electrons. The fraction of sp³-hybridized carbons (Fsp3) is 0.286. The molecule has 1 aromatic heterocycles.